The average molecular weight is 285 g/mol. The lowest BCUT2D eigenvalue weighted by Crippen LogP contribution is -2.15. The lowest BCUT2D eigenvalue weighted by Gasteiger charge is -2.07. The maximum Gasteiger partial charge on any atom is 0.273 e. The second-order valence-electron chi connectivity index (χ2n) is 5.10. The highest BCUT2D eigenvalue weighted by Crippen LogP contribution is 2.22. The van der Waals surface area contributed by atoms with Gasteiger partial charge in [-0.3, -0.25) is 10.1 Å². The van der Waals surface area contributed by atoms with Crippen molar-refractivity contribution in [3.8, 4) is 0 Å². The van der Waals surface area contributed by atoms with Crippen molar-refractivity contribution >= 4 is 17.3 Å². The summed E-state index contributed by atoms with van der Waals surface area (Å²) in [5.41, 5.74) is 0.764. The van der Waals surface area contributed by atoms with E-state index in [1.54, 1.807) is 12.1 Å². The number of nitrogens with zero attached hydrogens (tertiary/aromatic N) is 1. The van der Waals surface area contributed by atoms with Crippen LogP contribution in [0.15, 0.2) is 18.2 Å². The second-order valence-corrected chi connectivity index (χ2v) is 5.53. The van der Waals surface area contributed by atoms with E-state index in [4.69, 9.17) is 11.6 Å². The molecule has 0 amide bonds. The van der Waals surface area contributed by atoms with Crippen molar-refractivity contribution < 1.29 is 4.92 Å². The predicted molar refractivity (Wildman–Crippen MR) is 78.5 cm³/mol. The number of unbranched alkanes of at least 4 members (excludes halogenated alkanes) is 1. The minimum Gasteiger partial charge on any atom is -0.312 e. The highest BCUT2D eigenvalue weighted by atomic mass is 35.5. The fourth-order valence-corrected chi connectivity index (χ4v) is 2.09. The van der Waals surface area contributed by atoms with E-state index >= 15 is 0 Å². The molecule has 0 saturated heterocycles. The first-order chi connectivity index (χ1) is 9.00. The second kappa shape index (κ2) is 8.12. The van der Waals surface area contributed by atoms with Gasteiger partial charge in [-0.2, -0.15) is 0 Å². The van der Waals surface area contributed by atoms with Gasteiger partial charge >= 0.3 is 0 Å². The Labute approximate surface area is 119 Å². The number of hydrogen-bond donors (Lipinski definition) is 1. The van der Waals surface area contributed by atoms with E-state index in [9.17, 15) is 10.1 Å². The maximum absolute atomic E-state index is 10.9. The van der Waals surface area contributed by atoms with Crippen LogP contribution in [0, 0.1) is 16.0 Å². The summed E-state index contributed by atoms with van der Waals surface area (Å²) in [7, 11) is 0. The van der Waals surface area contributed by atoms with E-state index in [0.29, 0.717) is 17.1 Å². The zero-order valence-electron chi connectivity index (χ0n) is 11.5. The average Bonchev–Trinajstić information content (AvgIpc) is 2.33. The van der Waals surface area contributed by atoms with Crippen molar-refractivity contribution in [2.24, 2.45) is 5.92 Å². The Morgan fingerprint density at radius 1 is 1.37 bits per heavy atom. The fraction of sp³-hybridized carbons (Fsp3) is 0.571. The highest BCUT2D eigenvalue weighted by Gasteiger charge is 2.13. The third-order valence-corrected chi connectivity index (χ3v) is 3.17. The maximum atomic E-state index is 10.9. The molecule has 0 spiro atoms. The Kier molecular flexibility index (Phi) is 6.81. The molecule has 5 heteroatoms. The van der Waals surface area contributed by atoms with Gasteiger partial charge in [0.2, 0.25) is 0 Å². The largest absolute Gasteiger partial charge is 0.312 e. The number of nitro benzene ring substituents is 1. The number of nitrogens with one attached hydrogen (secondary N) is 1. The van der Waals surface area contributed by atoms with Crippen LogP contribution in [0.4, 0.5) is 5.69 Å². The van der Waals surface area contributed by atoms with Gasteiger partial charge in [-0.1, -0.05) is 38.3 Å². The molecule has 106 valence electrons. The Morgan fingerprint density at radius 3 is 2.74 bits per heavy atom. The van der Waals surface area contributed by atoms with Gasteiger partial charge in [-0.25, -0.2) is 0 Å². The molecule has 4 nitrogen and oxygen atoms in total. The van der Waals surface area contributed by atoms with Crippen molar-refractivity contribution in [2.75, 3.05) is 6.54 Å². The quantitative estimate of drug-likeness (QED) is 0.443. The molecule has 0 heterocycles. The molecular weight excluding hydrogens is 264 g/mol. The van der Waals surface area contributed by atoms with Crippen LogP contribution in [0.3, 0.4) is 0 Å². The molecule has 0 aliphatic heterocycles. The smallest absolute Gasteiger partial charge is 0.273 e. The van der Waals surface area contributed by atoms with Crippen LogP contribution in [0.5, 0.6) is 0 Å². The van der Waals surface area contributed by atoms with Crippen LogP contribution in [0.1, 0.15) is 38.7 Å². The summed E-state index contributed by atoms with van der Waals surface area (Å²) in [5.74, 6) is 0.731. The van der Waals surface area contributed by atoms with Crippen LogP contribution >= 0.6 is 11.6 Å². The molecule has 1 aromatic carbocycles. The van der Waals surface area contributed by atoms with Crippen molar-refractivity contribution in [2.45, 2.75) is 39.7 Å². The third kappa shape index (κ3) is 6.03. The highest BCUT2D eigenvalue weighted by molar-refractivity contribution is 6.30. The van der Waals surface area contributed by atoms with E-state index in [1.165, 1.54) is 18.9 Å². The van der Waals surface area contributed by atoms with Gasteiger partial charge < -0.3 is 5.32 Å². The van der Waals surface area contributed by atoms with E-state index in [1.807, 2.05) is 0 Å². The van der Waals surface area contributed by atoms with Gasteiger partial charge in [-0.05, 0) is 31.0 Å². The summed E-state index contributed by atoms with van der Waals surface area (Å²) < 4.78 is 0. The van der Waals surface area contributed by atoms with Crippen molar-refractivity contribution in [3.05, 3.63) is 38.9 Å². The zero-order valence-corrected chi connectivity index (χ0v) is 12.2. The molecule has 0 unspecified atom stereocenters. The van der Waals surface area contributed by atoms with E-state index in [2.05, 4.69) is 19.2 Å². The lowest BCUT2D eigenvalue weighted by atomic mass is 10.1. The summed E-state index contributed by atoms with van der Waals surface area (Å²) in [6.07, 6.45) is 3.49. The third-order valence-electron chi connectivity index (χ3n) is 2.94. The van der Waals surface area contributed by atoms with Crippen molar-refractivity contribution in [1.29, 1.82) is 0 Å². The first-order valence-corrected chi connectivity index (χ1v) is 7.02. The molecule has 0 aromatic heterocycles. The van der Waals surface area contributed by atoms with Crippen LogP contribution in [0.25, 0.3) is 0 Å². The monoisotopic (exact) mass is 284 g/mol. The summed E-state index contributed by atoms with van der Waals surface area (Å²) in [5, 5.41) is 14.6. The SMILES string of the molecule is CC(C)CCCCNCc1cc(Cl)ccc1[N+](=O)[O-]. The number of halogens is 1. The zero-order chi connectivity index (χ0) is 14.3. The first kappa shape index (κ1) is 15.9. The lowest BCUT2D eigenvalue weighted by molar-refractivity contribution is -0.385. The molecule has 1 N–H and O–H groups in total. The van der Waals surface area contributed by atoms with Crippen LogP contribution in [-0.4, -0.2) is 11.5 Å². The van der Waals surface area contributed by atoms with Gasteiger partial charge in [-0.15, -0.1) is 0 Å². The van der Waals surface area contributed by atoms with Crippen LogP contribution in [-0.2, 0) is 6.54 Å². The minimum absolute atomic E-state index is 0.124. The van der Waals surface area contributed by atoms with Gasteiger partial charge in [0.15, 0.2) is 0 Å². The molecule has 1 rings (SSSR count). The Morgan fingerprint density at radius 2 is 2.11 bits per heavy atom. The normalized spacial score (nSPS) is 10.9. The molecule has 19 heavy (non-hydrogen) atoms. The number of rotatable bonds is 8. The fourth-order valence-electron chi connectivity index (χ4n) is 1.90. The number of nitro groups is 1. The van der Waals surface area contributed by atoms with Crippen LogP contribution in [0.2, 0.25) is 5.02 Å². The molecule has 0 radical (unpaired) electrons. The Bertz CT molecular complexity index is 422. The van der Waals surface area contributed by atoms with Gasteiger partial charge in [0.05, 0.1) is 4.92 Å². The van der Waals surface area contributed by atoms with E-state index in [-0.39, 0.29) is 10.6 Å². The number of benzene rings is 1. The standard InChI is InChI=1S/C14H21ClN2O2/c1-11(2)5-3-4-8-16-10-12-9-13(15)6-7-14(12)17(18)19/h6-7,9,11,16H,3-5,8,10H2,1-2H3. The first-order valence-electron chi connectivity index (χ1n) is 6.64. The predicted octanol–water partition coefficient (Wildman–Crippen LogP) is 4.16. The Balaban J connectivity index is 2.40. The number of hydrogen-bond acceptors (Lipinski definition) is 3. The molecule has 0 aliphatic rings. The van der Waals surface area contributed by atoms with E-state index in [0.717, 1.165) is 18.9 Å². The van der Waals surface area contributed by atoms with Gasteiger partial charge in [0, 0.05) is 23.2 Å². The molecule has 0 atom stereocenters. The summed E-state index contributed by atoms with van der Waals surface area (Å²) in [6, 6.07) is 4.66. The molecule has 0 aliphatic carbocycles. The van der Waals surface area contributed by atoms with E-state index < -0.39 is 0 Å². The molecule has 0 saturated carbocycles. The molecule has 1 aromatic rings. The molecular formula is C14H21ClN2O2. The van der Waals surface area contributed by atoms with Gasteiger partial charge in [0.1, 0.15) is 0 Å². The molecule has 0 bridgehead atoms. The molecule has 0 fully saturated rings. The van der Waals surface area contributed by atoms with Crippen LogP contribution < -0.4 is 5.32 Å². The topological polar surface area (TPSA) is 55.2 Å². The van der Waals surface area contributed by atoms with Crippen molar-refractivity contribution in [1.82, 2.24) is 5.32 Å². The van der Waals surface area contributed by atoms with Gasteiger partial charge in [0.25, 0.3) is 5.69 Å². The minimum atomic E-state index is -0.369. The summed E-state index contributed by atoms with van der Waals surface area (Å²) in [4.78, 5) is 10.5. The van der Waals surface area contributed by atoms with Crippen molar-refractivity contribution in [3.63, 3.8) is 0 Å². The Hall–Kier alpha value is -1.13. The summed E-state index contributed by atoms with van der Waals surface area (Å²) in [6.45, 7) is 5.78. The summed E-state index contributed by atoms with van der Waals surface area (Å²) >= 11 is 5.87.